The van der Waals surface area contributed by atoms with Crippen LogP contribution in [-0.2, 0) is 6.54 Å². The Bertz CT molecular complexity index is 667. The van der Waals surface area contributed by atoms with Gasteiger partial charge in [0, 0.05) is 6.54 Å². The van der Waals surface area contributed by atoms with Gasteiger partial charge in [-0.2, -0.15) is 0 Å². The molecule has 0 fully saturated rings. The van der Waals surface area contributed by atoms with Crippen molar-refractivity contribution >= 4 is 10.9 Å². The maximum Gasteiger partial charge on any atom is 0.328 e. The van der Waals surface area contributed by atoms with Gasteiger partial charge < -0.3 is 10.1 Å². The fourth-order valence-corrected chi connectivity index (χ4v) is 1.81. The second-order valence-corrected chi connectivity index (χ2v) is 4.44. The molecule has 2 aromatic rings. The minimum absolute atomic E-state index is 0.110. The van der Waals surface area contributed by atoms with Crippen molar-refractivity contribution in [2.75, 3.05) is 0 Å². The van der Waals surface area contributed by atoms with Gasteiger partial charge in [0.15, 0.2) is 0 Å². The van der Waals surface area contributed by atoms with Gasteiger partial charge in [-0.15, -0.1) is 0 Å². The van der Waals surface area contributed by atoms with Crippen LogP contribution in [-0.4, -0.2) is 14.7 Å². The Balaban J connectivity index is 2.84. The van der Waals surface area contributed by atoms with Gasteiger partial charge in [0.05, 0.1) is 5.52 Å². The highest BCUT2D eigenvalue weighted by molar-refractivity contribution is 5.83. The summed E-state index contributed by atoms with van der Waals surface area (Å²) in [6, 6.07) is 4.61. The summed E-state index contributed by atoms with van der Waals surface area (Å²) < 4.78 is 1.12. The van der Waals surface area contributed by atoms with Gasteiger partial charge in [-0.05, 0) is 18.1 Å². The molecule has 1 heterocycles. The molecule has 0 saturated carbocycles. The number of benzene rings is 1. The average Bonchev–Trinajstić information content (AvgIpc) is 2.23. The van der Waals surface area contributed by atoms with Gasteiger partial charge in [-0.1, -0.05) is 19.9 Å². The minimum Gasteiger partial charge on any atom is -0.507 e. The van der Waals surface area contributed by atoms with Crippen LogP contribution in [0.15, 0.2) is 27.8 Å². The van der Waals surface area contributed by atoms with Crippen LogP contribution >= 0.6 is 0 Å². The fraction of sp³-hybridized carbons (Fsp3) is 0.333. The summed E-state index contributed by atoms with van der Waals surface area (Å²) in [6.07, 6.45) is 0. The molecule has 1 aromatic carbocycles. The molecular weight excluding hydrogens is 220 g/mol. The number of aromatic amines is 1. The number of nitrogens with zero attached hydrogens (tertiary/aromatic N) is 1. The van der Waals surface area contributed by atoms with Crippen molar-refractivity contribution in [3.63, 3.8) is 0 Å². The Morgan fingerprint density at radius 2 is 2.06 bits per heavy atom. The van der Waals surface area contributed by atoms with Crippen molar-refractivity contribution < 1.29 is 5.11 Å². The third-order valence-electron chi connectivity index (χ3n) is 2.54. The van der Waals surface area contributed by atoms with E-state index in [0.29, 0.717) is 12.1 Å². The lowest BCUT2D eigenvalue weighted by Crippen LogP contribution is -2.36. The smallest absolute Gasteiger partial charge is 0.328 e. The second kappa shape index (κ2) is 4.08. The first-order chi connectivity index (χ1) is 8.00. The molecule has 5 nitrogen and oxygen atoms in total. The molecule has 0 amide bonds. The van der Waals surface area contributed by atoms with E-state index < -0.39 is 11.2 Å². The van der Waals surface area contributed by atoms with Crippen molar-refractivity contribution in [1.29, 1.82) is 0 Å². The van der Waals surface area contributed by atoms with Gasteiger partial charge >= 0.3 is 5.69 Å². The van der Waals surface area contributed by atoms with Crippen LogP contribution in [0.3, 0.4) is 0 Å². The molecule has 5 heteroatoms. The zero-order chi connectivity index (χ0) is 12.6. The number of hydrogen-bond acceptors (Lipinski definition) is 3. The molecule has 1 aromatic heterocycles. The van der Waals surface area contributed by atoms with Crippen LogP contribution in [0.2, 0.25) is 0 Å². The summed E-state index contributed by atoms with van der Waals surface area (Å²) in [7, 11) is 0. The molecular formula is C12H14N2O3. The normalized spacial score (nSPS) is 11.2. The minimum atomic E-state index is -0.449. The van der Waals surface area contributed by atoms with E-state index >= 15 is 0 Å². The molecule has 0 bridgehead atoms. The van der Waals surface area contributed by atoms with E-state index in [-0.39, 0.29) is 17.1 Å². The monoisotopic (exact) mass is 234 g/mol. The topological polar surface area (TPSA) is 75.1 Å². The summed E-state index contributed by atoms with van der Waals surface area (Å²) in [6.45, 7) is 4.17. The summed E-state index contributed by atoms with van der Waals surface area (Å²) in [5, 5.41) is 9.83. The molecule has 0 aliphatic heterocycles. The number of hydrogen-bond donors (Lipinski definition) is 2. The molecule has 90 valence electrons. The van der Waals surface area contributed by atoms with E-state index in [1.807, 2.05) is 13.8 Å². The van der Waals surface area contributed by atoms with Crippen LogP contribution < -0.4 is 11.2 Å². The Labute approximate surface area is 97.3 Å². The molecule has 17 heavy (non-hydrogen) atoms. The Kier molecular flexibility index (Phi) is 2.75. The third-order valence-corrected chi connectivity index (χ3v) is 2.54. The lowest BCUT2D eigenvalue weighted by atomic mass is 10.2. The van der Waals surface area contributed by atoms with Crippen LogP contribution in [0.4, 0.5) is 0 Å². The number of fused-ring (bicyclic) bond motifs is 1. The molecule has 0 aliphatic carbocycles. The molecule has 0 radical (unpaired) electrons. The highest BCUT2D eigenvalue weighted by atomic mass is 16.3. The van der Waals surface area contributed by atoms with Gasteiger partial charge in [0.1, 0.15) is 11.1 Å². The SMILES string of the molecule is CC(C)Cn1c(=O)[nH]c2cccc(O)c2c1=O. The van der Waals surface area contributed by atoms with E-state index in [1.165, 1.54) is 6.07 Å². The highest BCUT2D eigenvalue weighted by Gasteiger charge is 2.11. The fourth-order valence-electron chi connectivity index (χ4n) is 1.81. The predicted molar refractivity (Wildman–Crippen MR) is 65.3 cm³/mol. The van der Waals surface area contributed by atoms with E-state index in [2.05, 4.69) is 4.98 Å². The number of phenols is 1. The number of aromatic nitrogens is 2. The molecule has 2 N–H and O–H groups in total. The standard InChI is InChI=1S/C12H14N2O3/c1-7(2)6-14-11(16)10-8(13-12(14)17)4-3-5-9(10)15/h3-5,7,15H,6H2,1-2H3,(H,13,17). The van der Waals surface area contributed by atoms with Crippen molar-refractivity contribution in [2.45, 2.75) is 20.4 Å². The Morgan fingerprint density at radius 1 is 1.35 bits per heavy atom. The summed E-state index contributed by atoms with van der Waals surface area (Å²) >= 11 is 0. The molecule has 0 saturated heterocycles. The third kappa shape index (κ3) is 1.95. The van der Waals surface area contributed by atoms with Crippen molar-refractivity contribution in [3.05, 3.63) is 39.0 Å². The molecule has 0 atom stereocenters. The van der Waals surface area contributed by atoms with Crippen LogP contribution in [0.1, 0.15) is 13.8 Å². The highest BCUT2D eigenvalue weighted by Crippen LogP contribution is 2.17. The van der Waals surface area contributed by atoms with E-state index in [9.17, 15) is 14.7 Å². The number of phenolic OH excluding ortho intramolecular Hbond substituents is 1. The van der Waals surface area contributed by atoms with E-state index in [4.69, 9.17) is 0 Å². The summed E-state index contributed by atoms with van der Waals surface area (Å²) in [4.78, 5) is 26.4. The predicted octanol–water partition coefficient (Wildman–Crippen LogP) is 1.05. The van der Waals surface area contributed by atoms with Crippen molar-refractivity contribution in [1.82, 2.24) is 9.55 Å². The first kappa shape index (κ1) is 11.4. The Hall–Kier alpha value is -2.04. The summed E-state index contributed by atoms with van der Waals surface area (Å²) in [5.41, 5.74) is -0.530. The van der Waals surface area contributed by atoms with Crippen LogP contribution in [0.25, 0.3) is 10.9 Å². The molecule has 0 aliphatic rings. The molecule has 0 unspecified atom stereocenters. The number of nitrogens with one attached hydrogen (secondary N) is 1. The van der Waals surface area contributed by atoms with Crippen molar-refractivity contribution in [2.24, 2.45) is 5.92 Å². The zero-order valence-electron chi connectivity index (χ0n) is 9.73. The lowest BCUT2D eigenvalue weighted by Gasteiger charge is -2.09. The first-order valence-corrected chi connectivity index (χ1v) is 5.45. The molecule has 2 rings (SSSR count). The zero-order valence-corrected chi connectivity index (χ0v) is 9.73. The lowest BCUT2D eigenvalue weighted by molar-refractivity contribution is 0.475. The first-order valence-electron chi connectivity index (χ1n) is 5.45. The number of rotatable bonds is 2. The van der Waals surface area contributed by atoms with Gasteiger partial charge in [-0.25, -0.2) is 4.79 Å². The summed E-state index contributed by atoms with van der Waals surface area (Å²) in [5.74, 6) is 0.0679. The van der Waals surface area contributed by atoms with Gasteiger partial charge in [-0.3, -0.25) is 9.36 Å². The number of H-pyrrole nitrogens is 1. The van der Waals surface area contributed by atoms with E-state index in [1.54, 1.807) is 12.1 Å². The van der Waals surface area contributed by atoms with Crippen molar-refractivity contribution in [3.8, 4) is 5.75 Å². The maximum absolute atomic E-state index is 12.1. The Morgan fingerprint density at radius 3 is 2.71 bits per heavy atom. The van der Waals surface area contributed by atoms with Gasteiger partial charge in [0.25, 0.3) is 5.56 Å². The van der Waals surface area contributed by atoms with E-state index in [0.717, 1.165) is 4.57 Å². The van der Waals surface area contributed by atoms with Crippen LogP contribution in [0, 0.1) is 5.92 Å². The van der Waals surface area contributed by atoms with Gasteiger partial charge in [0.2, 0.25) is 0 Å². The number of aromatic hydroxyl groups is 1. The quantitative estimate of drug-likeness (QED) is 0.815. The largest absolute Gasteiger partial charge is 0.507 e. The van der Waals surface area contributed by atoms with Crippen LogP contribution in [0.5, 0.6) is 5.75 Å². The maximum atomic E-state index is 12.1. The molecule has 0 spiro atoms. The second-order valence-electron chi connectivity index (χ2n) is 4.44. The average molecular weight is 234 g/mol.